The summed E-state index contributed by atoms with van der Waals surface area (Å²) in [5, 5.41) is 0. The third-order valence-corrected chi connectivity index (χ3v) is 5.14. The normalized spacial score (nSPS) is 31.6. The van der Waals surface area contributed by atoms with Crippen molar-refractivity contribution in [1.29, 1.82) is 0 Å². The Bertz CT molecular complexity index is 476. The van der Waals surface area contributed by atoms with Crippen molar-refractivity contribution >= 4 is 11.5 Å². The maximum atomic E-state index is 12.8. The first-order valence-electron chi connectivity index (χ1n) is 7.81. The number of hydrogen-bond donors (Lipinski definition) is 2. The summed E-state index contributed by atoms with van der Waals surface area (Å²) in [6.45, 7) is 0. The predicted molar refractivity (Wildman–Crippen MR) is 81.3 cm³/mol. The number of Topliss-reactive ketones (excluding diaryl/α,β-unsaturated/α-hetero) is 1. The van der Waals surface area contributed by atoms with Crippen LogP contribution < -0.4 is 11.5 Å². The van der Waals surface area contributed by atoms with E-state index in [1.54, 1.807) is 0 Å². The minimum Gasteiger partial charge on any atom is -0.399 e. The van der Waals surface area contributed by atoms with Crippen LogP contribution in [-0.4, -0.2) is 11.8 Å². The fourth-order valence-corrected chi connectivity index (χ4v) is 4.08. The number of nitrogens with two attached hydrogens (primary N) is 2. The number of hydrogen-bond acceptors (Lipinski definition) is 3. The van der Waals surface area contributed by atoms with Gasteiger partial charge in [-0.1, -0.05) is 31.4 Å². The SMILES string of the molecule is Nc1ccc(C2CC(N)C(C3CCCCC3)C2=O)cc1. The molecule has 3 unspecified atom stereocenters. The highest BCUT2D eigenvalue weighted by Gasteiger charge is 2.44. The van der Waals surface area contributed by atoms with Crippen LogP contribution in [0, 0.1) is 11.8 Å². The fourth-order valence-electron chi connectivity index (χ4n) is 4.08. The van der Waals surface area contributed by atoms with Crippen LogP contribution in [-0.2, 0) is 4.79 Å². The van der Waals surface area contributed by atoms with E-state index in [0.717, 1.165) is 17.7 Å². The zero-order chi connectivity index (χ0) is 14.1. The predicted octanol–water partition coefficient (Wildman–Crippen LogP) is 2.85. The molecule has 0 radical (unpaired) electrons. The number of benzene rings is 1. The Labute approximate surface area is 120 Å². The van der Waals surface area contributed by atoms with Crippen LogP contribution in [0.4, 0.5) is 5.69 Å². The summed E-state index contributed by atoms with van der Waals surface area (Å²) in [6, 6.07) is 7.75. The highest BCUT2D eigenvalue weighted by molar-refractivity contribution is 5.91. The van der Waals surface area contributed by atoms with Crippen LogP contribution in [0.25, 0.3) is 0 Å². The zero-order valence-electron chi connectivity index (χ0n) is 11.9. The molecule has 4 N–H and O–H groups in total. The van der Waals surface area contributed by atoms with Gasteiger partial charge in [-0.05, 0) is 42.9 Å². The molecule has 3 rings (SSSR count). The van der Waals surface area contributed by atoms with Gasteiger partial charge in [0.05, 0.1) is 0 Å². The molecule has 20 heavy (non-hydrogen) atoms. The summed E-state index contributed by atoms with van der Waals surface area (Å²) in [4.78, 5) is 12.8. The van der Waals surface area contributed by atoms with E-state index in [1.807, 2.05) is 24.3 Å². The summed E-state index contributed by atoms with van der Waals surface area (Å²) in [7, 11) is 0. The number of carbonyl (C=O) groups is 1. The van der Waals surface area contributed by atoms with Crippen LogP contribution in [0.1, 0.15) is 50.0 Å². The molecule has 2 aliphatic rings. The Morgan fingerprint density at radius 3 is 2.30 bits per heavy atom. The van der Waals surface area contributed by atoms with Crippen LogP contribution in [0.5, 0.6) is 0 Å². The number of nitrogen functional groups attached to an aromatic ring is 1. The highest BCUT2D eigenvalue weighted by Crippen LogP contribution is 2.42. The van der Waals surface area contributed by atoms with Crippen molar-refractivity contribution in [2.24, 2.45) is 17.6 Å². The smallest absolute Gasteiger partial charge is 0.145 e. The average Bonchev–Trinajstić information content (AvgIpc) is 2.76. The van der Waals surface area contributed by atoms with E-state index in [2.05, 4.69) is 0 Å². The second-order valence-corrected chi connectivity index (χ2v) is 6.45. The number of carbonyl (C=O) groups excluding carboxylic acids is 1. The van der Waals surface area contributed by atoms with Crippen molar-refractivity contribution in [2.45, 2.75) is 50.5 Å². The van der Waals surface area contributed by atoms with Crippen molar-refractivity contribution in [3.05, 3.63) is 29.8 Å². The molecule has 2 saturated carbocycles. The molecule has 3 heteroatoms. The van der Waals surface area contributed by atoms with E-state index in [-0.39, 0.29) is 17.9 Å². The molecule has 0 aromatic heterocycles. The molecule has 0 spiro atoms. The fraction of sp³-hybridized carbons (Fsp3) is 0.588. The van der Waals surface area contributed by atoms with Gasteiger partial charge in [0, 0.05) is 23.6 Å². The molecule has 3 atom stereocenters. The molecular weight excluding hydrogens is 248 g/mol. The summed E-state index contributed by atoms with van der Waals surface area (Å²) >= 11 is 0. The minimum absolute atomic E-state index is 0.0162. The van der Waals surface area contributed by atoms with Gasteiger partial charge < -0.3 is 11.5 Å². The lowest BCUT2D eigenvalue weighted by Crippen LogP contribution is -2.35. The third-order valence-electron chi connectivity index (χ3n) is 5.14. The topological polar surface area (TPSA) is 69.1 Å². The molecule has 0 heterocycles. The first kappa shape index (κ1) is 13.6. The highest BCUT2D eigenvalue weighted by atomic mass is 16.1. The van der Waals surface area contributed by atoms with Crippen LogP contribution in [0.15, 0.2) is 24.3 Å². The second kappa shape index (κ2) is 5.57. The summed E-state index contributed by atoms with van der Waals surface area (Å²) < 4.78 is 0. The Balaban J connectivity index is 1.79. The average molecular weight is 272 g/mol. The molecule has 1 aromatic carbocycles. The lowest BCUT2D eigenvalue weighted by atomic mass is 9.77. The van der Waals surface area contributed by atoms with E-state index >= 15 is 0 Å². The van der Waals surface area contributed by atoms with Crippen LogP contribution >= 0.6 is 0 Å². The number of rotatable bonds is 2. The Hall–Kier alpha value is -1.35. The van der Waals surface area contributed by atoms with Gasteiger partial charge in [-0.3, -0.25) is 4.79 Å². The summed E-state index contributed by atoms with van der Waals surface area (Å²) in [5.74, 6) is 0.953. The molecule has 2 fully saturated rings. The maximum Gasteiger partial charge on any atom is 0.145 e. The molecule has 0 amide bonds. The van der Waals surface area contributed by atoms with Gasteiger partial charge in [0.25, 0.3) is 0 Å². The van der Waals surface area contributed by atoms with E-state index in [4.69, 9.17) is 11.5 Å². The van der Waals surface area contributed by atoms with Crippen molar-refractivity contribution in [3.63, 3.8) is 0 Å². The Morgan fingerprint density at radius 1 is 1.00 bits per heavy atom. The van der Waals surface area contributed by atoms with Crippen LogP contribution in [0.3, 0.4) is 0 Å². The van der Waals surface area contributed by atoms with Gasteiger partial charge in [-0.15, -0.1) is 0 Å². The Morgan fingerprint density at radius 2 is 1.65 bits per heavy atom. The zero-order valence-corrected chi connectivity index (χ0v) is 11.9. The monoisotopic (exact) mass is 272 g/mol. The summed E-state index contributed by atoms with van der Waals surface area (Å²) in [5.41, 5.74) is 13.9. The van der Waals surface area contributed by atoms with Gasteiger partial charge in [0.2, 0.25) is 0 Å². The first-order valence-corrected chi connectivity index (χ1v) is 7.81. The first-order chi connectivity index (χ1) is 9.66. The minimum atomic E-state index is -0.0162. The molecule has 108 valence electrons. The molecule has 0 bridgehead atoms. The summed E-state index contributed by atoms with van der Waals surface area (Å²) in [6.07, 6.45) is 6.98. The largest absolute Gasteiger partial charge is 0.399 e. The molecule has 0 aliphatic heterocycles. The van der Waals surface area contributed by atoms with Gasteiger partial charge >= 0.3 is 0 Å². The standard InChI is InChI=1S/C17H24N2O/c18-13-8-6-11(7-9-13)14-10-15(19)16(17(14)20)12-4-2-1-3-5-12/h6-9,12,14-16H,1-5,10,18-19H2. The lowest BCUT2D eigenvalue weighted by Gasteiger charge is -2.29. The van der Waals surface area contributed by atoms with Gasteiger partial charge in [0.15, 0.2) is 0 Å². The van der Waals surface area contributed by atoms with Crippen molar-refractivity contribution in [3.8, 4) is 0 Å². The van der Waals surface area contributed by atoms with E-state index < -0.39 is 0 Å². The molecule has 2 aliphatic carbocycles. The Kier molecular flexibility index (Phi) is 3.79. The number of anilines is 1. The molecular formula is C17H24N2O. The van der Waals surface area contributed by atoms with Gasteiger partial charge in [-0.2, -0.15) is 0 Å². The van der Waals surface area contributed by atoms with Gasteiger partial charge in [-0.25, -0.2) is 0 Å². The van der Waals surface area contributed by atoms with E-state index in [9.17, 15) is 4.79 Å². The van der Waals surface area contributed by atoms with Crippen molar-refractivity contribution in [2.75, 3.05) is 5.73 Å². The van der Waals surface area contributed by atoms with Gasteiger partial charge in [0.1, 0.15) is 5.78 Å². The van der Waals surface area contributed by atoms with Crippen molar-refractivity contribution in [1.82, 2.24) is 0 Å². The molecule has 0 saturated heterocycles. The molecule has 1 aromatic rings. The second-order valence-electron chi connectivity index (χ2n) is 6.45. The number of ketones is 1. The van der Waals surface area contributed by atoms with E-state index in [0.29, 0.717) is 11.7 Å². The third kappa shape index (κ3) is 2.47. The van der Waals surface area contributed by atoms with E-state index in [1.165, 1.54) is 32.1 Å². The molecule has 3 nitrogen and oxygen atoms in total. The van der Waals surface area contributed by atoms with Crippen LogP contribution in [0.2, 0.25) is 0 Å². The quantitative estimate of drug-likeness (QED) is 0.813. The van der Waals surface area contributed by atoms with Crippen molar-refractivity contribution < 1.29 is 4.79 Å². The maximum absolute atomic E-state index is 12.8. The lowest BCUT2D eigenvalue weighted by molar-refractivity contribution is -0.123.